The summed E-state index contributed by atoms with van der Waals surface area (Å²) in [4.78, 5) is 27.0. The van der Waals surface area contributed by atoms with Crippen LogP contribution in [0.5, 0.6) is 0 Å². The van der Waals surface area contributed by atoms with E-state index in [1.54, 1.807) is 6.08 Å². The predicted octanol–water partition coefficient (Wildman–Crippen LogP) is 2.46. The van der Waals surface area contributed by atoms with Gasteiger partial charge in [-0.15, -0.1) is 0 Å². The van der Waals surface area contributed by atoms with Gasteiger partial charge in [0, 0.05) is 17.9 Å². The van der Waals surface area contributed by atoms with Crippen molar-refractivity contribution in [1.29, 1.82) is 0 Å². The van der Waals surface area contributed by atoms with Crippen molar-refractivity contribution in [2.24, 2.45) is 10.9 Å². The number of halogens is 1. The van der Waals surface area contributed by atoms with E-state index in [0.29, 0.717) is 17.7 Å². The van der Waals surface area contributed by atoms with Crippen LogP contribution in [-0.4, -0.2) is 22.7 Å². The number of allylic oxidation sites excluding steroid dienone is 4. The number of carbonyl (C=O) groups excluding carboxylic acids is 2. The van der Waals surface area contributed by atoms with Crippen LogP contribution in [0.3, 0.4) is 0 Å². The normalized spacial score (nSPS) is 17.8. The van der Waals surface area contributed by atoms with E-state index >= 15 is 0 Å². The average molecular weight is 284 g/mol. The standard InChI is InChI=1S/C12H14BrNO2/c1-8(2)12(16)9-5-3-4-6-10(9)14-11(15)7-13/h3-5,8H,6-7H2,1-2H3. The first-order valence-electron chi connectivity index (χ1n) is 5.14. The summed E-state index contributed by atoms with van der Waals surface area (Å²) in [7, 11) is 0. The first-order chi connectivity index (χ1) is 7.56. The molecule has 4 heteroatoms. The summed E-state index contributed by atoms with van der Waals surface area (Å²) < 4.78 is 0. The van der Waals surface area contributed by atoms with E-state index in [0.717, 1.165) is 0 Å². The molecule has 1 aliphatic rings. The number of ketones is 1. The first-order valence-corrected chi connectivity index (χ1v) is 6.26. The molecule has 0 N–H and O–H groups in total. The Morgan fingerprint density at radius 1 is 1.50 bits per heavy atom. The Morgan fingerprint density at radius 2 is 2.19 bits per heavy atom. The molecule has 0 saturated heterocycles. The molecule has 0 aliphatic heterocycles. The highest BCUT2D eigenvalue weighted by Gasteiger charge is 2.20. The maximum absolute atomic E-state index is 11.9. The van der Waals surface area contributed by atoms with Crippen molar-refractivity contribution in [3.63, 3.8) is 0 Å². The predicted molar refractivity (Wildman–Crippen MR) is 67.9 cm³/mol. The second-order valence-electron chi connectivity index (χ2n) is 3.82. The SMILES string of the molecule is CC(C)C(=O)C1=CC=CCC1=NC(=O)CBr. The molecule has 0 spiro atoms. The summed E-state index contributed by atoms with van der Waals surface area (Å²) in [6.45, 7) is 3.68. The van der Waals surface area contributed by atoms with Gasteiger partial charge in [-0.2, -0.15) is 0 Å². The molecule has 0 aromatic carbocycles. The fraction of sp³-hybridized carbons (Fsp3) is 0.417. The minimum atomic E-state index is -0.257. The van der Waals surface area contributed by atoms with Gasteiger partial charge in [0.2, 0.25) is 0 Å². The molecule has 0 atom stereocenters. The van der Waals surface area contributed by atoms with E-state index in [1.807, 2.05) is 26.0 Å². The Hall–Kier alpha value is -1.03. The van der Waals surface area contributed by atoms with Gasteiger partial charge in [-0.3, -0.25) is 9.59 Å². The fourth-order valence-corrected chi connectivity index (χ4v) is 1.50. The van der Waals surface area contributed by atoms with Crippen molar-refractivity contribution in [3.05, 3.63) is 23.8 Å². The Balaban J connectivity index is 2.99. The lowest BCUT2D eigenvalue weighted by Crippen LogP contribution is -2.20. The van der Waals surface area contributed by atoms with Gasteiger partial charge in [-0.25, -0.2) is 4.99 Å². The molecule has 1 amide bonds. The van der Waals surface area contributed by atoms with Crippen LogP contribution in [0.25, 0.3) is 0 Å². The molecule has 1 rings (SSSR count). The largest absolute Gasteiger partial charge is 0.294 e. The number of hydrogen-bond donors (Lipinski definition) is 0. The Kier molecular flexibility index (Phi) is 4.80. The van der Waals surface area contributed by atoms with Crippen molar-refractivity contribution < 1.29 is 9.59 Å². The van der Waals surface area contributed by atoms with Crippen molar-refractivity contribution in [3.8, 4) is 0 Å². The molecule has 0 bridgehead atoms. The lowest BCUT2D eigenvalue weighted by Gasteiger charge is -2.12. The topological polar surface area (TPSA) is 46.5 Å². The van der Waals surface area contributed by atoms with Gasteiger partial charge in [0.15, 0.2) is 5.78 Å². The molecule has 16 heavy (non-hydrogen) atoms. The fourth-order valence-electron chi connectivity index (χ4n) is 1.37. The molecule has 0 heterocycles. The molecule has 0 fully saturated rings. The summed E-state index contributed by atoms with van der Waals surface area (Å²) in [5, 5.41) is 0.184. The molecule has 3 nitrogen and oxygen atoms in total. The number of Topliss-reactive ketones (excluding diaryl/α,β-unsaturated/α-hetero) is 1. The van der Waals surface area contributed by atoms with E-state index in [4.69, 9.17) is 0 Å². The van der Waals surface area contributed by atoms with E-state index in [9.17, 15) is 9.59 Å². The van der Waals surface area contributed by atoms with Gasteiger partial charge >= 0.3 is 0 Å². The van der Waals surface area contributed by atoms with Gasteiger partial charge in [0.1, 0.15) is 0 Å². The summed E-state index contributed by atoms with van der Waals surface area (Å²) >= 11 is 3.05. The van der Waals surface area contributed by atoms with E-state index in [2.05, 4.69) is 20.9 Å². The van der Waals surface area contributed by atoms with Crippen LogP contribution in [0.2, 0.25) is 0 Å². The highest BCUT2D eigenvalue weighted by molar-refractivity contribution is 9.09. The van der Waals surface area contributed by atoms with Gasteiger partial charge in [-0.1, -0.05) is 41.9 Å². The number of carbonyl (C=O) groups is 2. The molecule has 0 aromatic heterocycles. The second kappa shape index (κ2) is 5.89. The third-order valence-electron chi connectivity index (χ3n) is 2.18. The molecular weight excluding hydrogens is 270 g/mol. The van der Waals surface area contributed by atoms with Crippen LogP contribution in [0.4, 0.5) is 0 Å². The van der Waals surface area contributed by atoms with Crippen molar-refractivity contribution >= 4 is 33.3 Å². The maximum atomic E-state index is 11.9. The van der Waals surface area contributed by atoms with Crippen molar-refractivity contribution in [2.45, 2.75) is 20.3 Å². The monoisotopic (exact) mass is 283 g/mol. The number of rotatable bonds is 3. The second-order valence-corrected chi connectivity index (χ2v) is 4.38. The van der Waals surface area contributed by atoms with Crippen LogP contribution < -0.4 is 0 Å². The molecule has 0 radical (unpaired) electrons. The zero-order chi connectivity index (χ0) is 12.1. The lowest BCUT2D eigenvalue weighted by molar-refractivity contribution is -0.117. The van der Waals surface area contributed by atoms with Gasteiger partial charge in [-0.05, 0) is 6.08 Å². The number of alkyl halides is 1. The summed E-state index contributed by atoms with van der Waals surface area (Å²) in [6, 6.07) is 0. The van der Waals surface area contributed by atoms with E-state index in [1.165, 1.54) is 0 Å². The van der Waals surface area contributed by atoms with Crippen LogP contribution in [-0.2, 0) is 9.59 Å². The molecular formula is C12H14BrNO2. The van der Waals surface area contributed by atoms with Crippen LogP contribution >= 0.6 is 15.9 Å². The third-order valence-corrected chi connectivity index (χ3v) is 2.66. The summed E-state index contributed by atoms with van der Waals surface area (Å²) in [6.07, 6.45) is 5.99. The zero-order valence-corrected chi connectivity index (χ0v) is 11.0. The lowest BCUT2D eigenvalue weighted by atomic mass is 9.92. The van der Waals surface area contributed by atoms with E-state index < -0.39 is 0 Å². The first kappa shape index (κ1) is 13.0. The summed E-state index contributed by atoms with van der Waals surface area (Å²) in [5.74, 6) is -0.305. The van der Waals surface area contributed by atoms with Gasteiger partial charge in [0.05, 0.1) is 11.0 Å². The molecule has 1 aliphatic carbocycles. The highest BCUT2D eigenvalue weighted by atomic mass is 79.9. The van der Waals surface area contributed by atoms with Crippen LogP contribution in [0.1, 0.15) is 20.3 Å². The number of amides is 1. The average Bonchev–Trinajstić information content (AvgIpc) is 2.28. The zero-order valence-electron chi connectivity index (χ0n) is 9.37. The minimum Gasteiger partial charge on any atom is -0.294 e. The molecule has 0 aromatic rings. The molecule has 86 valence electrons. The quantitative estimate of drug-likeness (QED) is 0.747. The molecule has 0 unspecified atom stereocenters. The van der Waals surface area contributed by atoms with Crippen LogP contribution in [0.15, 0.2) is 28.8 Å². The number of nitrogens with zero attached hydrogens (tertiary/aromatic N) is 1. The third kappa shape index (κ3) is 3.23. The summed E-state index contributed by atoms with van der Waals surface area (Å²) in [5.41, 5.74) is 1.14. The smallest absolute Gasteiger partial charge is 0.256 e. The molecule has 0 saturated carbocycles. The van der Waals surface area contributed by atoms with Crippen LogP contribution in [0, 0.1) is 5.92 Å². The van der Waals surface area contributed by atoms with Crippen molar-refractivity contribution in [2.75, 3.05) is 5.33 Å². The Labute approximate surface area is 103 Å². The Bertz CT molecular complexity index is 392. The number of hydrogen-bond acceptors (Lipinski definition) is 2. The number of aliphatic imine (C=N–C) groups is 1. The van der Waals surface area contributed by atoms with E-state index in [-0.39, 0.29) is 22.9 Å². The highest BCUT2D eigenvalue weighted by Crippen LogP contribution is 2.15. The maximum Gasteiger partial charge on any atom is 0.256 e. The van der Waals surface area contributed by atoms with Gasteiger partial charge in [0.25, 0.3) is 5.91 Å². The Morgan fingerprint density at radius 3 is 2.75 bits per heavy atom. The van der Waals surface area contributed by atoms with Gasteiger partial charge < -0.3 is 0 Å². The van der Waals surface area contributed by atoms with Crippen molar-refractivity contribution in [1.82, 2.24) is 0 Å². The minimum absolute atomic E-state index is 0.0328.